The van der Waals surface area contributed by atoms with Gasteiger partial charge in [-0.05, 0) is 55.6 Å². The van der Waals surface area contributed by atoms with Gasteiger partial charge in [-0.1, -0.05) is 12.6 Å². The number of aryl methyl sites for hydroxylation is 1. The Kier molecular flexibility index (Phi) is 8.01. The first kappa shape index (κ1) is 32.8. The minimum absolute atomic E-state index is 0.00514. The van der Waals surface area contributed by atoms with Crippen LogP contribution in [-0.4, -0.2) is 67.7 Å². The number of hydrogen-bond acceptors (Lipinski definition) is 6. The molecule has 260 valence electrons. The molecule has 1 saturated heterocycles. The molecule has 8 rings (SSSR count). The van der Waals surface area contributed by atoms with Gasteiger partial charge in [0.1, 0.15) is 28.8 Å². The highest BCUT2D eigenvalue weighted by molar-refractivity contribution is 7.17. The smallest absolute Gasteiger partial charge is 0.246 e. The fraction of sp³-hybridized carbons (Fsp3) is 0.282. The number of rotatable bonds is 7. The van der Waals surface area contributed by atoms with E-state index in [0.29, 0.717) is 42.2 Å². The van der Waals surface area contributed by atoms with Gasteiger partial charge in [-0.25, -0.2) is 13.8 Å². The molecule has 12 heteroatoms. The van der Waals surface area contributed by atoms with Crippen LogP contribution in [0.3, 0.4) is 0 Å². The number of ether oxygens (including phenoxy) is 1. The van der Waals surface area contributed by atoms with E-state index in [1.165, 1.54) is 23.5 Å². The Morgan fingerprint density at radius 1 is 1.06 bits per heavy atom. The number of benzene rings is 2. The van der Waals surface area contributed by atoms with Crippen molar-refractivity contribution in [3.8, 4) is 39.5 Å². The lowest BCUT2D eigenvalue weighted by Crippen LogP contribution is -2.42. The standard InChI is InChI=1S/C39H36F2N6O3S/c1-6-33(48)46-18-21(2)47-31(22(46)3)17-29(43-47)38-35(36-28(41)15-26(40)16-32(36)50-20-23-13-34(49)45(5)19-23)27-10-12-51-39(27)37(42-38)25-7-8-30-24(14-25)9-11-44(30)4/h6-12,14-17,21-23H,1,13,18-20H2,2-5H3/t21-,22+,23-/m0/s1. The number of halogens is 2. The van der Waals surface area contributed by atoms with Crippen molar-refractivity contribution in [2.24, 2.45) is 13.0 Å². The summed E-state index contributed by atoms with van der Waals surface area (Å²) in [5, 5.41) is 8.76. The quantitative estimate of drug-likeness (QED) is 0.159. The molecule has 0 aliphatic carbocycles. The van der Waals surface area contributed by atoms with Crippen LogP contribution in [0.5, 0.6) is 5.75 Å². The van der Waals surface area contributed by atoms with Crippen molar-refractivity contribution in [1.82, 2.24) is 29.1 Å². The molecule has 2 amide bonds. The number of likely N-dealkylation sites (tertiary alicyclic amines) is 1. The van der Waals surface area contributed by atoms with Crippen LogP contribution in [0, 0.1) is 17.6 Å². The molecular formula is C39H36F2N6O3S. The summed E-state index contributed by atoms with van der Waals surface area (Å²) >= 11 is 1.49. The molecule has 3 atom stereocenters. The fourth-order valence-electron chi connectivity index (χ4n) is 7.55. The van der Waals surface area contributed by atoms with E-state index in [0.717, 1.165) is 38.3 Å². The number of pyridine rings is 1. The van der Waals surface area contributed by atoms with Crippen LogP contribution in [0.15, 0.2) is 72.8 Å². The van der Waals surface area contributed by atoms with Crippen molar-refractivity contribution in [3.63, 3.8) is 0 Å². The average molecular weight is 707 g/mol. The molecule has 2 aromatic carbocycles. The van der Waals surface area contributed by atoms with Crippen molar-refractivity contribution in [1.29, 1.82) is 0 Å². The Morgan fingerprint density at radius 2 is 1.88 bits per heavy atom. The molecular weight excluding hydrogens is 671 g/mol. The SMILES string of the molecule is C=CC(=O)N1C[C@H](C)n2nc(-c3nc(-c4ccc5c(ccn5C)c4)c4sccc4c3-c3c(F)cc(F)cc3OC[C@H]3CC(=O)N(C)C3)cc2[C@H]1C. The van der Waals surface area contributed by atoms with E-state index in [1.54, 1.807) is 16.8 Å². The molecule has 6 heterocycles. The predicted molar refractivity (Wildman–Crippen MR) is 194 cm³/mol. The van der Waals surface area contributed by atoms with Gasteiger partial charge in [0.25, 0.3) is 0 Å². The number of nitrogens with zero attached hydrogens (tertiary/aromatic N) is 6. The Balaban J connectivity index is 1.36. The van der Waals surface area contributed by atoms with E-state index in [1.807, 2.05) is 55.4 Å². The Bertz CT molecular complexity index is 2400. The summed E-state index contributed by atoms with van der Waals surface area (Å²) in [6.45, 7) is 8.66. The third kappa shape index (κ3) is 5.49. The van der Waals surface area contributed by atoms with Crippen molar-refractivity contribution < 1.29 is 23.1 Å². The number of hydrogen-bond donors (Lipinski definition) is 0. The second-order valence-corrected chi connectivity index (χ2v) is 14.5. The summed E-state index contributed by atoms with van der Waals surface area (Å²) in [5.74, 6) is -1.85. The Morgan fingerprint density at radius 3 is 2.65 bits per heavy atom. The largest absolute Gasteiger partial charge is 0.492 e. The van der Waals surface area contributed by atoms with Crippen molar-refractivity contribution >= 4 is 44.1 Å². The number of carbonyl (C=O) groups excluding carboxylic acids is 2. The van der Waals surface area contributed by atoms with E-state index in [9.17, 15) is 14.0 Å². The maximum Gasteiger partial charge on any atom is 0.246 e. The summed E-state index contributed by atoms with van der Waals surface area (Å²) in [6, 6.07) is 13.6. The van der Waals surface area contributed by atoms with Gasteiger partial charge in [-0.3, -0.25) is 14.3 Å². The molecule has 0 bridgehead atoms. The van der Waals surface area contributed by atoms with Crippen LogP contribution < -0.4 is 4.74 Å². The zero-order valence-corrected chi connectivity index (χ0v) is 29.5. The van der Waals surface area contributed by atoms with Gasteiger partial charge in [0.2, 0.25) is 11.8 Å². The van der Waals surface area contributed by atoms with Crippen LogP contribution in [-0.2, 0) is 16.6 Å². The zero-order valence-electron chi connectivity index (χ0n) is 28.7. The van der Waals surface area contributed by atoms with Gasteiger partial charge >= 0.3 is 0 Å². The number of carbonyl (C=O) groups is 2. The van der Waals surface area contributed by atoms with Gasteiger partial charge in [-0.2, -0.15) is 5.10 Å². The first-order chi connectivity index (χ1) is 24.5. The number of fused-ring (bicyclic) bond motifs is 3. The summed E-state index contributed by atoms with van der Waals surface area (Å²) in [5.41, 5.74) is 4.85. The van der Waals surface area contributed by atoms with Crippen LogP contribution in [0.2, 0.25) is 0 Å². The summed E-state index contributed by atoms with van der Waals surface area (Å²) in [4.78, 5) is 33.7. The molecule has 0 spiro atoms. The first-order valence-electron chi connectivity index (χ1n) is 16.9. The van der Waals surface area contributed by atoms with Crippen LogP contribution in [0.1, 0.15) is 38.0 Å². The highest BCUT2D eigenvalue weighted by Gasteiger charge is 2.34. The minimum Gasteiger partial charge on any atom is -0.492 e. The van der Waals surface area contributed by atoms with Gasteiger partial charge in [0, 0.05) is 85.3 Å². The monoisotopic (exact) mass is 706 g/mol. The average Bonchev–Trinajstić information content (AvgIpc) is 3.91. The van der Waals surface area contributed by atoms with Crippen molar-refractivity contribution in [2.45, 2.75) is 32.4 Å². The summed E-state index contributed by atoms with van der Waals surface area (Å²) in [7, 11) is 3.73. The molecule has 4 aromatic heterocycles. The third-order valence-electron chi connectivity index (χ3n) is 10.2. The van der Waals surface area contributed by atoms with Crippen molar-refractivity contribution in [3.05, 3.63) is 90.1 Å². The molecule has 1 fully saturated rings. The van der Waals surface area contributed by atoms with Crippen molar-refractivity contribution in [2.75, 3.05) is 26.7 Å². The van der Waals surface area contributed by atoms with Crippen LogP contribution >= 0.6 is 11.3 Å². The third-order valence-corrected chi connectivity index (χ3v) is 11.1. The van der Waals surface area contributed by atoms with Gasteiger partial charge < -0.3 is 19.1 Å². The second-order valence-electron chi connectivity index (χ2n) is 13.6. The Hall–Kier alpha value is -5.36. The lowest BCUT2D eigenvalue weighted by atomic mass is 9.94. The molecule has 2 aliphatic heterocycles. The predicted octanol–water partition coefficient (Wildman–Crippen LogP) is 7.77. The maximum atomic E-state index is 16.4. The topological polar surface area (TPSA) is 85.5 Å². The first-order valence-corrected chi connectivity index (χ1v) is 17.8. The molecule has 0 unspecified atom stereocenters. The van der Waals surface area contributed by atoms with Crippen LogP contribution in [0.25, 0.3) is 54.8 Å². The molecule has 0 saturated carbocycles. The Labute approximate surface area is 297 Å². The van der Waals surface area contributed by atoms with Gasteiger partial charge in [-0.15, -0.1) is 11.3 Å². The second kappa shape index (κ2) is 12.4. The summed E-state index contributed by atoms with van der Waals surface area (Å²) < 4.78 is 42.4. The molecule has 0 radical (unpaired) electrons. The lowest BCUT2D eigenvalue weighted by Gasteiger charge is -2.36. The summed E-state index contributed by atoms with van der Waals surface area (Å²) in [6.07, 6.45) is 3.62. The van der Waals surface area contributed by atoms with E-state index in [4.69, 9.17) is 14.8 Å². The number of aromatic nitrogens is 4. The zero-order chi connectivity index (χ0) is 35.7. The lowest BCUT2D eigenvalue weighted by molar-refractivity contribution is -0.129. The van der Waals surface area contributed by atoms with Gasteiger partial charge in [0.15, 0.2) is 0 Å². The molecule has 51 heavy (non-hydrogen) atoms. The molecule has 0 N–H and O–H groups in total. The number of thiophene rings is 1. The van der Waals surface area contributed by atoms with E-state index in [2.05, 4.69) is 29.3 Å². The minimum atomic E-state index is -0.799. The maximum absolute atomic E-state index is 16.4. The van der Waals surface area contributed by atoms with Gasteiger partial charge in [0.05, 0.1) is 40.3 Å². The molecule has 2 aliphatic rings. The van der Waals surface area contributed by atoms with E-state index >= 15 is 4.39 Å². The number of amides is 2. The highest BCUT2D eigenvalue weighted by Crippen LogP contribution is 2.48. The highest BCUT2D eigenvalue weighted by atomic mass is 32.1. The van der Waals surface area contributed by atoms with E-state index in [-0.39, 0.29) is 47.7 Å². The molecule has 9 nitrogen and oxygen atoms in total. The van der Waals surface area contributed by atoms with E-state index < -0.39 is 11.6 Å². The fourth-order valence-corrected chi connectivity index (χ4v) is 8.46. The van der Waals surface area contributed by atoms with Crippen LogP contribution in [0.4, 0.5) is 8.78 Å². The molecule has 6 aromatic rings. The normalized spacial score (nSPS) is 18.9.